The zero-order valence-electron chi connectivity index (χ0n) is 7.84. The van der Waals surface area contributed by atoms with Crippen LogP contribution >= 0.6 is 15.9 Å². The molecule has 76 valence electrons. The van der Waals surface area contributed by atoms with Crippen LogP contribution in [0.3, 0.4) is 0 Å². The van der Waals surface area contributed by atoms with Crippen LogP contribution in [0.4, 0.5) is 4.39 Å². The fourth-order valence-corrected chi connectivity index (χ4v) is 1.53. The largest absolute Gasteiger partial charge is 0.341 e. The van der Waals surface area contributed by atoms with E-state index in [0.29, 0.717) is 11.9 Å². The third-order valence-corrected chi connectivity index (χ3v) is 2.33. The van der Waals surface area contributed by atoms with Crippen molar-refractivity contribution in [2.75, 3.05) is 12.4 Å². The van der Waals surface area contributed by atoms with E-state index in [2.05, 4.69) is 15.9 Å². The zero-order chi connectivity index (χ0) is 10.6. The van der Waals surface area contributed by atoms with Crippen LogP contribution in [-0.2, 0) is 11.3 Å². The predicted octanol–water partition coefficient (Wildman–Crippen LogP) is 2.18. The van der Waals surface area contributed by atoms with E-state index in [1.54, 1.807) is 24.1 Å². The molecule has 0 fully saturated rings. The molecule has 0 aliphatic carbocycles. The van der Waals surface area contributed by atoms with Crippen LogP contribution in [0.1, 0.15) is 5.56 Å². The topological polar surface area (TPSA) is 20.3 Å². The molecule has 0 aliphatic heterocycles. The summed E-state index contributed by atoms with van der Waals surface area (Å²) in [5, 5.41) is 0.290. The van der Waals surface area contributed by atoms with E-state index < -0.39 is 0 Å². The minimum atomic E-state index is -0.276. The Bertz CT molecular complexity index is 330. The average molecular weight is 260 g/mol. The molecule has 0 radical (unpaired) electrons. The van der Waals surface area contributed by atoms with Crippen molar-refractivity contribution in [1.29, 1.82) is 0 Å². The van der Waals surface area contributed by atoms with Crippen molar-refractivity contribution in [1.82, 2.24) is 4.90 Å². The Hall–Kier alpha value is -0.900. The normalized spacial score (nSPS) is 9.93. The highest BCUT2D eigenvalue weighted by Crippen LogP contribution is 2.06. The molecule has 1 aromatic carbocycles. The Kier molecular flexibility index (Phi) is 4.07. The molecule has 0 bridgehead atoms. The summed E-state index contributed by atoms with van der Waals surface area (Å²) < 4.78 is 12.8. The molecule has 0 unspecified atom stereocenters. The number of hydrogen-bond donors (Lipinski definition) is 0. The van der Waals surface area contributed by atoms with Gasteiger partial charge in [0.05, 0.1) is 5.33 Å². The molecule has 0 heterocycles. The van der Waals surface area contributed by atoms with Crippen molar-refractivity contribution in [2.45, 2.75) is 6.54 Å². The van der Waals surface area contributed by atoms with Crippen molar-refractivity contribution in [3.05, 3.63) is 35.6 Å². The maximum absolute atomic E-state index is 12.8. The first kappa shape index (κ1) is 11.2. The Morgan fingerprint density at radius 3 is 2.86 bits per heavy atom. The Morgan fingerprint density at radius 1 is 1.57 bits per heavy atom. The molecule has 1 aromatic rings. The van der Waals surface area contributed by atoms with Gasteiger partial charge in [-0.25, -0.2) is 4.39 Å². The maximum Gasteiger partial charge on any atom is 0.233 e. The van der Waals surface area contributed by atoms with E-state index in [0.717, 1.165) is 5.56 Å². The van der Waals surface area contributed by atoms with Gasteiger partial charge >= 0.3 is 0 Å². The lowest BCUT2D eigenvalue weighted by molar-refractivity contribution is -0.127. The molecular weight excluding hydrogens is 249 g/mol. The molecule has 1 rings (SSSR count). The van der Waals surface area contributed by atoms with E-state index >= 15 is 0 Å². The smallest absolute Gasteiger partial charge is 0.233 e. The van der Waals surface area contributed by atoms with Gasteiger partial charge in [-0.05, 0) is 17.7 Å². The zero-order valence-corrected chi connectivity index (χ0v) is 9.42. The molecule has 0 spiro atoms. The molecule has 0 saturated carbocycles. The summed E-state index contributed by atoms with van der Waals surface area (Å²) in [7, 11) is 1.69. The maximum atomic E-state index is 12.8. The molecule has 0 aromatic heterocycles. The van der Waals surface area contributed by atoms with Crippen LogP contribution in [0, 0.1) is 5.82 Å². The Labute approximate surface area is 90.8 Å². The quantitative estimate of drug-likeness (QED) is 0.763. The van der Waals surface area contributed by atoms with Crippen molar-refractivity contribution in [3.63, 3.8) is 0 Å². The number of rotatable bonds is 3. The lowest BCUT2D eigenvalue weighted by Crippen LogP contribution is -2.26. The first-order valence-corrected chi connectivity index (χ1v) is 5.30. The van der Waals surface area contributed by atoms with Crippen LogP contribution in [0.5, 0.6) is 0 Å². The fraction of sp³-hybridized carbons (Fsp3) is 0.300. The van der Waals surface area contributed by atoms with Crippen LogP contribution in [0.15, 0.2) is 24.3 Å². The van der Waals surface area contributed by atoms with Crippen LogP contribution < -0.4 is 0 Å². The third-order valence-electron chi connectivity index (χ3n) is 1.85. The first-order chi connectivity index (χ1) is 6.63. The molecular formula is C10H11BrFNO. The van der Waals surface area contributed by atoms with E-state index in [9.17, 15) is 9.18 Å². The molecule has 0 atom stereocenters. The number of amides is 1. The monoisotopic (exact) mass is 259 g/mol. The van der Waals surface area contributed by atoms with Gasteiger partial charge in [0.1, 0.15) is 5.82 Å². The summed E-state index contributed by atoms with van der Waals surface area (Å²) >= 11 is 3.08. The molecule has 2 nitrogen and oxygen atoms in total. The van der Waals surface area contributed by atoms with Crippen molar-refractivity contribution >= 4 is 21.8 Å². The van der Waals surface area contributed by atoms with Gasteiger partial charge in [0.25, 0.3) is 0 Å². The summed E-state index contributed by atoms with van der Waals surface area (Å²) in [6.07, 6.45) is 0. The summed E-state index contributed by atoms with van der Waals surface area (Å²) in [5.74, 6) is -0.295. The second kappa shape index (κ2) is 5.10. The highest BCUT2D eigenvalue weighted by atomic mass is 79.9. The minimum absolute atomic E-state index is 0.0192. The first-order valence-electron chi connectivity index (χ1n) is 4.18. The van der Waals surface area contributed by atoms with Gasteiger partial charge < -0.3 is 4.90 Å². The second-order valence-corrected chi connectivity index (χ2v) is 3.57. The van der Waals surface area contributed by atoms with Gasteiger partial charge in [-0.15, -0.1) is 0 Å². The summed E-state index contributed by atoms with van der Waals surface area (Å²) in [4.78, 5) is 12.7. The van der Waals surface area contributed by atoms with Crippen LogP contribution in [0.25, 0.3) is 0 Å². The number of benzene rings is 1. The Morgan fingerprint density at radius 2 is 2.29 bits per heavy atom. The van der Waals surface area contributed by atoms with Gasteiger partial charge in [0, 0.05) is 13.6 Å². The SMILES string of the molecule is CN(Cc1cccc(F)c1)C(=O)CBr. The number of carbonyl (C=O) groups excluding carboxylic acids is 1. The van der Waals surface area contributed by atoms with Crippen LogP contribution in [-0.4, -0.2) is 23.2 Å². The number of halogens is 2. The van der Waals surface area contributed by atoms with E-state index in [1.807, 2.05) is 0 Å². The standard InChI is InChI=1S/C10H11BrFNO/c1-13(10(14)6-11)7-8-3-2-4-9(12)5-8/h2-5H,6-7H2,1H3. The molecule has 0 aliphatic rings. The lowest BCUT2D eigenvalue weighted by Gasteiger charge is -2.15. The number of hydrogen-bond acceptors (Lipinski definition) is 1. The molecule has 1 amide bonds. The average Bonchev–Trinajstić information content (AvgIpc) is 2.16. The van der Waals surface area contributed by atoms with E-state index in [-0.39, 0.29) is 11.7 Å². The van der Waals surface area contributed by atoms with Crippen molar-refractivity contribution in [2.24, 2.45) is 0 Å². The van der Waals surface area contributed by atoms with Crippen molar-refractivity contribution in [3.8, 4) is 0 Å². The van der Waals surface area contributed by atoms with Crippen LogP contribution in [0.2, 0.25) is 0 Å². The molecule has 14 heavy (non-hydrogen) atoms. The molecule has 0 N–H and O–H groups in total. The number of alkyl halides is 1. The highest BCUT2D eigenvalue weighted by molar-refractivity contribution is 9.09. The predicted molar refractivity (Wildman–Crippen MR) is 56.7 cm³/mol. The third kappa shape index (κ3) is 3.10. The lowest BCUT2D eigenvalue weighted by atomic mass is 10.2. The minimum Gasteiger partial charge on any atom is -0.341 e. The Balaban J connectivity index is 2.64. The highest BCUT2D eigenvalue weighted by Gasteiger charge is 2.07. The number of nitrogens with zero attached hydrogens (tertiary/aromatic N) is 1. The van der Waals surface area contributed by atoms with Gasteiger partial charge in [0.2, 0.25) is 5.91 Å². The number of carbonyl (C=O) groups is 1. The van der Waals surface area contributed by atoms with Gasteiger partial charge in [-0.2, -0.15) is 0 Å². The van der Waals surface area contributed by atoms with Gasteiger partial charge in [-0.3, -0.25) is 4.79 Å². The van der Waals surface area contributed by atoms with E-state index in [4.69, 9.17) is 0 Å². The second-order valence-electron chi connectivity index (χ2n) is 3.01. The summed E-state index contributed by atoms with van der Waals surface area (Å²) in [6, 6.07) is 6.24. The molecule has 4 heteroatoms. The molecule has 0 saturated heterocycles. The van der Waals surface area contributed by atoms with E-state index in [1.165, 1.54) is 12.1 Å². The summed E-state index contributed by atoms with van der Waals surface area (Å²) in [6.45, 7) is 0.433. The fourth-order valence-electron chi connectivity index (χ4n) is 1.10. The van der Waals surface area contributed by atoms with Gasteiger partial charge in [-0.1, -0.05) is 28.1 Å². The van der Waals surface area contributed by atoms with Gasteiger partial charge in [0.15, 0.2) is 0 Å². The summed E-state index contributed by atoms with van der Waals surface area (Å²) in [5.41, 5.74) is 0.793. The van der Waals surface area contributed by atoms with Crippen molar-refractivity contribution < 1.29 is 9.18 Å².